The molecule has 24 heavy (non-hydrogen) atoms. The van der Waals surface area contributed by atoms with Gasteiger partial charge >= 0.3 is 6.18 Å². The Morgan fingerprint density at radius 3 is 2.58 bits per heavy atom. The van der Waals surface area contributed by atoms with E-state index in [1.807, 2.05) is 14.0 Å². The summed E-state index contributed by atoms with van der Waals surface area (Å²) in [6, 6.07) is 5.44. The molecule has 0 aliphatic carbocycles. The molecule has 2 heterocycles. The Hall–Kier alpha value is -1.93. The zero-order chi connectivity index (χ0) is 17.5. The van der Waals surface area contributed by atoms with Crippen LogP contribution in [0.15, 0.2) is 24.3 Å². The van der Waals surface area contributed by atoms with Gasteiger partial charge in [-0.25, -0.2) is 9.67 Å². The molecule has 0 bridgehead atoms. The molecule has 3 rings (SSSR count). The molecule has 0 radical (unpaired) electrons. The Morgan fingerprint density at radius 2 is 2.00 bits per heavy atom. The Morgan fingerprint density at radius 1 is 1.29 bits per heavy atom. The molecule has 0 amide bonds. The summed E-state index contributed by atoms with van der Waals surface area (Å²) >= 11 is 0. The lowest BCUT2D eigenvalue weighted by Gasteiger charge is -2.21. The van der Waals surface area contributed by atoms with E-state index in [4.69, 9.17) is 0 Å². The van der Waals surface area contributed by atoms with Gasteiger partial charge in [0.05, 0.1) is 11.3 Å². The number of rotatable bonds is 3. The van der Waals surface area contributed by atoms with Crippen molar-refractivity contribution in [1.82, 2.24) is 19.7 Å². The average Bonchev–Trinajstić information content (AvgIpc) is 3.11. The van der Waals surface area contributed by atoms with Gasteiger partial charge in [-0.3, -0.25) is 0 Å². The molecule has 1 N–H and O–H groups in total. The van der Waals surface area contributed by atoms with Crippen molar-refractivity contribution in [2.24, 2.45) is 0 Å². The second-order valence-corrected chi connectivity index (χ2v) is 6.09. The first-order valence-electron chi connectivity index (χ1n) is 7.76. The van der Waals surface area contributed by atoms with Crippen LogP contribution < -0.4 is 0 Å². The summed E-state index contributed by atoms with van der Waals surface area (Å²) in [4.78, 5) is 6.44. The number of likely N-dealkylation sites (tertiary alicyclic amines) is 1. The molecular weight excluding hydrogens is 321 g/mol. The van der Waals surface area contributed by atoms with Crippen molar-refractivity contribution in [2.45, 2.75) is 38.1 Å². The fourth-order valence-corrected chi connectivity index (χ4v) is 3.19. The smallest absolute Gasteiger partial charge is 0.388 e. The van der Waals surface area contributed by atoms with Gasteiger partial charge in [-0.15, -0.1) is 5.10 Å². The van der Waals surface area contributed by atoms with Gasteiger partial charge in [0.15, 0.2) is 5.82 Å². The summed E-state index contributed by atoms with van der Waals surface area (Å²) in [6.07, 6.45) is -3.70. The molecule has 1 fully saturated rings. The van der Waals surface area contributed by atoms with Gasteiger partial charge in [-0.2, -0.15) is 13.2 Å². The van der Waals surface area contributed by atoms with Crippen molar-refractivity contribution < 1.29 is 18.3 Å². The first-order chi connectivity index (χ1) is 11.3. The lowest BCUT2D eigenvalue weighted by atomic mass is 10.0. The van der Waals surface area contributed by atoms with Crippen LogP contribution in [0.1, 0.15) is 36.5 Å². The SMILES string of the molecule is C[C@@H]1[C@H](c2nc(CO)nn2-c2ccccc2C(F)(F)F)CCN1C. The zero-order valence-electron chi connectivity index (χ0n) is 13.5. The lowest BCUT2D eigenvalue weighted by Crippen LogP contribution is -2.26. The monoisotopic (exact) mass is 340 g/mol. The van der Waals surface area contributed by atoms with Crippen molar-refractivity contribution in [1.29, 1.82) is 0 Å². The first kappa shape index (κ1) is 16.9. The second-order valence-electron chi connectivity index (χ2n) is 6.09. The van der Waals surface area contributed by atoms with Crippen LogP contribution in [0.25, 0.3) is 5.69 Å². The maximum atomic E-state index is 13.4. The number of hydrogen-bond donors (Lipinski definition) is 1. The Balaban J connectivity index is 2.14. The number of likely N-dealkylation sites (N-methyl/N-ethyl adjacent to an activating group) is 1. The van der Waals surface area contributed by atoms with E-state index >= 15 is 0 Å². The number of para-hydroxylation sites is 1. The number of aliphatic hydroxyl groups is 1. The third kappa shape index (κ3) is 2.91. The summed E-state index contributed by atoms with van der Waals surface area (Å²) in [7, 11) is 1.97. The van der Waals surface area contributed by atoms with Gasteiger partial charge in [0.1, 0.15) is 12.4 Å². The minimum atomic E-state index is -4.49. The van der Waals surface area contributed by atoms with Crippen molar-refractivity contribution in [3.8, 4) is 5.69 Å². The summed E-state index contributed by atoms with van der Waals surface area (Å²) in [6.45, 7) is 2.45. The van der Waals surface area contributed by atoms with Gasteiger partial charge in [0.25, 0.3) is 0 Å². The highest BCUT2D eigenvalue weighted by Gasteiger charge is 2.37. The van der Waals surface area contributed by atoms with Crippen molar-refractivity contribution in [3.05, 3.63) is 41.5 Å². The van der Waals surface area contributed by atoms with Gasteiger partial charge in [0.2, 0.25) is 0 Å². The minimum absolute atomic E-state index is 0.0379. The number of alkyl halides is 3. The molecule has 8 heteroatoms. The molecule has 1 aliphatic rings. The predicted molar refractivity (Wildman–Crippen MR) is 81.7 cm³/mol. The number of benzene rings is 1. The third-order valence-corrected chi connectivity index (χ3v) is 4.66. The van der Waals surface area contributed by atoms with Crippen LogP contribution in [-0.2, 0) is 12.8 Å². The number of aliphatic hydroxyl groups excluding tert-OH is 1. The topological polar surface area (TPSA) is 54.2 Å². The van der Waals surface area contributed by atoms with E-state index < -0.39 is 18.3 Å². The highest BCUT2D eigenvalue weighted by Crippen LogP contribution is 2.37. The minimum Gasteiger partial charge on any atom is -0.388 e. The third-order valence-electron chi connectivity index (χ3n) is 4.66. The highest BCUT2D eigenvalue weighted by atomic mass is 19.4. The van der Waals surface area contributed by atoms with Gasteiger partial charge in [-0.05, 0) is 39.1 Å². The summed E-state index contributed by atoms with van der Waals surface area (Å²) in [5, 5.41) is 13.5. The number of aromatic nitrogens is 3. The zero-order valence-corrected chi connectivity index (χ0v) is 13.5. The van der Waals surface area contributed by atoms with E-state index in [1.165, 1.54) is 16.8 Å². The predicted octanol–water partition coefficient (Wildman–Crippen LogP) is 2.59. The maximum Gasteiger partial charge on any atom is 0.418 e. The molecule has 1 saturated heterocycles. The van der Waals surface area contributed by atoms with E-state index in [0.29, 0.717) is 5.82 Å². The summed E-state index contributed by atoms with van der Waals surface area (Å²) in [5.74, 6) is 0.556. The van der Waals surface area contributed by atoms with Crippen LogP contribution in [0.5, 0.6) is 0 Å². The molecule has 1 aliphatic heterocycles. The van der Waals surface area contributed by atoms with E-state index in [1.54, 1.807) is 6.07 Å². The van der Waals surface area contributed by atoms with Gasteiger partial charge < -0.3 is 10.0 Å². The Labute approximate surface area is 137 Å². The molecular formula is C16H19F3N4O. The lowest BCUT2D eigenvalue weighted by molar-refractivity contribution is -0.137. The van der Waals surface area contributed by atoms with E-state index in [9.17, 15) is 18.3 Å². The van der Waals surface area contributed by atoms with Crippen LogP contribution in [0.4, 0.5) is 13.2 Å². The molecule has 5 nitrogen and oxygen atoms in total. The standard InChI is InChI=1S/C16H19F3N4O/c1-10-11(7-8-22(10)2)15-20-14(9-24)21-23(15)13-6-4-3-5-12(13)16(17,18)19/h3-6,10-11,24H,7-9H2,1-2H3/t10-,11-/m1/s1. The quantitative estimate of drug-likeness (QED) is 0.933. The van der Waals surface area contributed by atoms with Crippen LogP contribution >= 0.6 is 0 Å². The highest BCUT2D eigenvalue weighted by molar-refractivity contribution is 5.43. The molecule has 0 spiro atoms. The average molecular weight is 340 g/mol. The normalized spacial score (nSPS) is 22.2. The largest absolute Gasteiger partial charge is 0.418 e. The van der Waals surface area contributed by atoms with E-state index in [0.717, 1.165) is 19.0 Å². The second kappa shape index (κ2) is 6.18. The molecule has 0 unspecified atom stereocenters. The number of hydrogen-bond acceptors (Lipinski definition) is 4. The van der Waals surface area contributed by atoms with Crippen molar-refractivity contribution in [3.63, 3.8) is 0 Å². The molecule has 130 valence electrons. The fraction of sp³-hybridized carbons (Fsp3) is 0.500. The number of halogens is 3. The fourth-order valence-electron chi connectivity index (χ4n) is 3.19. The Bertz CT molecular complexity index is 728. The Kier molecular flexibility index (Phi) is 4.35. The van der Waals surface area contributed by atoms with Crippen LogP contribution in [0.2, 0.25) is 0 Å². The summed E-state index contributed by atoms with van der Waals surface area (Å²) < 4.78 is 41.3. The van der Waals surface area contributed by atoms with Crippen LogP contribution in [-0.4, -0.2) is 44.4 Å². The van der Waals surface area contributed by atoms with E-state index in [2.05, 4.69) is 15.0 Å². The molecule has 0 saturated carbocycles. The molecule has 2 aromatic rings. The van der Waals surface area contributed by atoms with E-state index in [-0.39, 0.29) is 23.5 Å². The number of nitrogens with zero attached hydrogens (tertiary/aromatic N) is 4. The summed E-state index contributed by atoms with van der Waals surface area (Å²) in [5.41, 5.74) is -0.825. The van der Waals surface area contributed by atoms with Gasteiger partial charge in [-0.1, -0.05) is 12.1 Å². The molecule has 2 atom stereocenters. The van der Waals surface area contributed by atoms with Crippen molar-refractivity contribution in [2.75, 3.05) is 13.6 Å². The molecule has 1 aromatic carbocycles. The maximum absolute atomic E-state index is 13.4. The first-order valence-corrected chi connectivity index (χ1v) is 7.76. The van der Waals surface area contributed by atoms with Crippen molar-refractivity contribution >= 4 is 0 Å². The molecule has 1 aromatic heterocycles. The van der Waals surface area contributed by atoms with Gasteiger partial charge in [0, 0.05) is 12.0 Å². The van der Waals surface area contributed by atoms with Crippen LogP contribution in [0, 0.1) is 0 Å². The van der Waals surface area contributed by atoms with Crippen LogP contribution in [0.3, 0.4) is 0 Å².